The molecular weight excluding hydrogens is 434 g/mol. The van der Waals surface area contributed by atoms with E-state index in [-0.39, 0.29) is 16.7 Å². The predicted molar refractivity (Wildman–Crippen MR) is 111 cm³/mol. The number of ether oxygens (including phenoxy) is 1. The Kier molecular flexibility index (Phi) is 7.68. The number of nitro groups is 1. The van der Waals surface area contributed by atoms with Crippen LogP contribution in [-0.4, -0.2) is 22.5 Å². The van der Waals surface area contributed by atoms with Gasteiger partial charge in [-0.05, 0) is 64.9 Å². The van der Waals surface area contributed by atoms with Gasteiger partial charge in [-0.2, -0.15) is 0 Å². The van der Waals surface area contributed by atoms with E-state index in [0.717, 1.165) is 12.8 Å². The smallest absolute Gasteiger partial charge is 0.269 e. The third kappa shape index (κ3) is 6.30. The zero-order chi connectivity index (χ0) is 19.8. The van der Waals surface area contributed by atoms with Crippen molar-refractivity contribution in [2.24, 2.45) is 0 Å². The molecule has 0 fully saturated rings. The number of hydrogen-bond donors (Lipinski definition) is 2. The zero-order valence-electron chi connectivity index (χ0n) is 14.5. The topological polar surface area (TPSA) is 93.5 Å². The number of thiocarbonyl (C=S) groups is 1. The van der Waals surface area contributed by atoms with Gasteiger partial charge in [0.05, 0.1) is 16.0 Å². The van der Waals surface area contributed by atoms with E-state index in [1.807, 2.05) is 0 Å². The van der Waals surface area contributed by atoms with Crippen molar-refractivity contribution < 1.29 is 14.5 Å². The van der Waals surface area contributed by atoms with Crippen molar-refractivity contribution in [3.63, 3.8) is 0 Å². The van der Waals surface area contributed by atoms with E-state index in [0.29, 0.717) is 28.1 Å². The zero-order valence-corrected chi connectivity index (χ0v) is 16.9. The van der Waals surface area contributed by atoms with Crippen LogP contribution in [0.5, 0.6) is 5.75 Å². The van der Waals surface area contributed by atoms with Crippen LogP contribution in [-0.2, 0) is 0 Å². The maximum Gasteiger partial charge on any atom is 0.269 e. The summed E-state index contributed by atoms with van der Waals surface area (Å²) in [5.41, 5.74) is 0.922. The fraction of sp³-hybridized carbons (Fsp3) is 0.222. The second-order valence-electron chi connectivity index (χ2n) is 5.56. The van der Waals surface area contributed by atoms with Crippen molar-refractivity contribution >= 4 is 50.5 Å². The molecule has 27 heavy (non-hydrogen) atoms. The Morgan fingerprint density at radius 3 is 2.56 bits per heavy atom. The number of unbranched alkanes of at least 4 members (excludes halogenated alkanes) is 1. The van der Waals surface area contributed by atoms with E-state index in [4.69, 9.17) is 17.0 Å². The molecule has 2 aromatic carbocycles. The van der Waals surface area contributed by atoms with Gasteiger partial charge in [-0.3, -0.25) is 20.2 Å². The highest BCUT2D eigenvalue weighted by atomic mass is 79.9. The van der Waals surface area contributed by atoms with Gasteiger partial charge in [-0.1, -0.05) is 13.3 Å². The maximum atomic E-state index is 12.3. The third-order valence-electron chi connectivity index (χ3n) is 3.51. The fourth-order valence-electron chi connectivity index (χ4n) is 2.09. The Bertz CT molecular complexity index is 843. The molecule has 7 nitrogen and oxygen atoms in total. The Labute approximate surface area is 170 Å². The van der Waals surface area contributed by atoms with Gasteiger partial charge in [0.1, 0.15) is 5.75 Å². The molecule has 2 aromatic rings. The molecule has 2 N–H and O–H groups in total. The highest BCUT2D eigenvalue weighted by molar-refractivity contribution is 9.10. The highest BCUT2D eigenvalue weighted by Crippen LogP contribution is 2.26. The number of hydrogen-bond acceptors (Lipinski definition) is 5. The van der Waals surface area contributed by atoms with Gasteiger partial charge >= 0.3 is 0 Å². The van der Waals surface area contributed by atoms with Gasteiger partial charge in [0.25, 0.3) is 11.6 Å². The Hall–Kier alpha value is -2.52. The van der Waals surface area contributed by atoms with Crippen molar-refractivity contribution in [2.45, 2.75) is 19.8 Å². The van der Waals surface area contributed by atoms with Crippen LogP contribution < -0.4 is 15.4 Å². The lowest BCUT2D eigenvalue weighted by Gasteiger charge is -2.11. The van der Waals surface area contributed by atoms with Crippen molar-refractivity contribution in [3.8, 4) is 5.75 Å². The number of nitrogens with zero attached hydrogens (tertiary/aromatic N) is 1. The van der Waals surface area contributed by atoms with Crippen molar-refractivity contribution in [1.29, 1.82) is 0 Å². The summed E-state index contributed by atoms with van der Waals surface area (Å²) in [7, 11) is 0. The van der Waals surface area contributed by atoms with Crippen LogP contribution in [0, 0.1) is 10.1 Å². The van der Waals surface area contributed by atoms with Crippen molar-refractivity contribution in [2.75, 3.05) is 11.9 Å². The number of rotatable bonds is 7. The lowest BCUT2D eigenvalue weighted by atomic mass is 10.2. The molecule has 0 saturated carbocycles. The molecule has 0 aliphatic heterocycles. The summed E-state index contributed by atoms with van der Waals surface area (Å²) in [6, 6.07) is 10.7. The van der Waals surface area contributed by atoms with Crippen LogP contribution in [0.4, 0.5) is 11.4 Å². The second kappa shape index (κ2) is 9.98. The molecule has 0 radical (unpaired) electrons. The van der Waals surface area contributed by atoms with E-state index >= 15 is 0 Å². The SMILES string of the molecule is CCCCOc1ccc(C(=O)NC(=S)Nc2ccc([N+](=O)[O-])cc2)cc1Br. The van der Waals surface area contributed by atoms with Gasteiger partial charge in [-0.15, -0.1) is 0 Å². The Morgan fingerprint density at radius 2 is 1.96 bits per heavy atom. The van der Waals surface area contributed by atoms with Crippen LogP contribution in [0.2, 0.25) is 0 Å². The normalized spacial score (nSPS) is 10.1. The molecule has 1 amide bonds. The van der Waals surface area contributed by atoms with Crippen molar-refractivity contribution in [1.82, 2.24) is 5.32 Å². The molecule has 0 saturated heterocycles. The quantitative estimate of drug-likeness (QED) is 0.275. The molecule has 142 valence electrons. The first-order valence-corrected chi connectivity index (χ1v) is 9.40. The van der Waals surface area contributed by atoms with Crippen LogP contribution in [0.3, 0.4) is 0 Å². The number of amides is 1. The van der Waals surface area contributed by atoms with Crippen molar-refractivity contribution in [3.05, 3.63) is 62.6 Å². The molecular formula is C18H18BrN3O4S. The molecule has 0 bridgehead atoms. The number of anilines is 1. The molecule has 0 aliphatic carbocycles. The summed E-state index contributed by atoms with van der Waals surface area (Å²) in [5.74, 6) is 0.293. The molecule has 2 rings (SSSR count). The highest BCUT2D eigenvalue weighted by Gasteiger charge is 2.11. The number of non-ortho nitro benzene ring substituents is 1. The molecule has 0 aliphatic rings. The Balaban J connectivity index is 1.94. The van der Waals surface area contributed by atoms with Gasteiger partial charge in [0.15, 0.2) is 5.11 Å². The lowest BCUT2D eigenvalue weighted by molar-refractivity contribution is -0.384. The molecule has 0 unspecified atom stereocenters. The van der Waals surface area contributed by atoms with Gasteiger partial charge in [0.2, 0.25) is 0 Å². The summed E-state index contributed by atoms with van der Waals surface area (Å²) in [6.45, 7) is 2.70. The molecule has 9 heteroatoms. The molecule has 0 atom stereocenters. The minimum Gasteiger partial charge on any atom is -0.492 e. The lowest BCUT2D eigenvalue weighted by Crippen LogP contribution is -2.34. The summed E-state index contributed by atoms with van der Waals surface area (Å²) in [5, 5.41) is 16.1. The van der Waals surface area contributed by atoms with Gasteiger partial charge in [-0.25, -0.2) is 0 Å². The van der Waals surface area contributed by atoms with Gasteiger partial charge in [0, 0.05) is 23.4 Å². The summed E-state index contributed by atoms with van der Waals surface area (Å²) >= 11 is 8.51. The molecule has 0 spiro atoms. The summed E-state index contributed by atoms with van der Waals surface area (Å²) in [6.07, 6.45) is 1.99. The maximum absolute atomic E-state index is 12.3. The fourth-order valence-corrected chi connectivity index (χ4v) is 2.79. The second-order valence-corrected chi connectivity index (χ2v) is 6.82. The minimum absolute atomic E-state index is 0.0263. The largest absolute Gasteiger partial charge is 0.492 e. The van der Waals surface area contributed by atoms with Crippen LogP contribution >= 0.6 is 28.1 Å². The van der Waals surface area contributed by atoms with E-state index in [1.165, 1.54) is 24.3 Å². The standard InChI is InChI=1S/C18H18BrN3O4S/c1-2-3-10-26-16-9-4-12(11-15(16)19)17(23)21-18(27)20-13-5-7-14(8-6-13)22(24)25/h4-9,11H,2-3,10H2,1H3,(H2,20,21,23,27). The number of halogens is 1. The van der Waals surface area contributed by atoms with E-state index < -0.39 is 4.92 Å². The number of benzene rings is 2. The number of nitro benzene ring substituents is 1. The Morgan fingerprint density at radius 1 is 1.26 bits per heavy atom. The predicted octanol–water partition coefficient (Wildman–Crippen LogP) is 4.66. The monoisotopic (exact) mass is 451 g/mol. The number of carbonyl (C=O) groups is 1. The average Bonchev–Trinajstić information content (AvgIpc) is 2.63. The van der Waals surface area contributed by atoms with Gasteiger partial charge < -0.3 is 10.1 Å². The first kappa shape index (κ1) is 20.8. The van der Waals surface area contributed by atoms with Crippen LogP contribution in [0.1, 0.15) is 30.1 Å². The van der Waals surface area contributed by atoms with E-state index in [1.54, 1.807) is 18.2 Å². The summed E-state index contributed by atoms with van der Waals surface area (Å²) < 4.78 is 6.31. The van der Waals surface area contributed by atoms with E-state index in [2.05, 4.69) is 33.5 Å². The first-order valence-electron chi connectivity index (χ1n) is 8.20. The number of nitrogens with one attached hydrogen (secondary N) is 2. The first-order chi connectivity index (χ1) is 12.9. The molecule has 0 heterocycles. The summed E-state index contributed by atoms with van der Waals surface area (Å²) in [4.78, 5) is 22.5. The average molecular weight is 452 g/mol. The minimum atomic E-state index is -0.489. The third-order valence-corrected chi connectivity index (χ3v) is 4.34. The number of carbonyl (C=O) groups excluding carboxylic acids is 1. The molecule has 0 aromatic heterocycles. The van der Waals surface area contributed by atoms with Crippen LogP contribution in [0.25, 0.3) is 0 Å². The van der Waals surface area contributed by atoms with E-state index in [9.17, 15) is 14.9 Å². The van der Waals surface area contributed by atoms with Crippen LogP contribution in [0.15, 0.2) is 46.9 Å².